The predicted molar refractivity (Wildman–Crippen MR) is 152 cm³/mol. The van der Waals surface area contributed by atoms with E-state index in [1.807, 2.05) is 76.2 Å². The molecule has 2 heterocycles. The number of hydrogen-bond acceptors (Lipinski definition) is 7. The molecule has 2 aromatic carbocycles. The molecule has 0 spiro atoms. The van der Waals surface area contributed by atoms with Crippen molar-refractivity contribution in [3.05, 3.63) is 70.2 Å². The summed E-state index contributed by atoms with van der Waals surface area (Å²) in [6.45, 7) is 7.79. The molecular weight excluding hydrogens is 528 g/mol. The van der Waals surface area contributed by atoms with Crippen LogP contribution in [0.25, 0.3) is 26.3 Å². The lowest BCUT2D eigenvalue weighted by Gasteiger charge is -2.19. The van der Waals surface area contributed by atoms with Crippen LogP contribution in [-0.2, 0) is 9.53 Å². The van der Waals surface area contributed by atoms with Gasteiger partial charge in [0.05, 0.1) is 24.2 Å². The number of esters is 1. The first-order valence-electron chi connectivity index (χ1n) is 12.0. The molecule has 4 rings (SSSR count). The quantitative estimate of drug-likeness (QED) is 0.162. The van der Waals surface area contributed by atoms with Gasteiger partial charge < -0.3 is 9.47 Å². The second-order valence-corrected chi connectivity index (χ2v) is 11.7. The van der Waals surface area contributed by atoms with E-state index < -0.39 is 0 Å². The lowest BCUT2D eigenvalue weighted by atomic mass is 9.98. The summed E-state index contributed by atoms with van der Waals surface area (Å²) in [6.07, 6.45) is 1.30. The third-order valence-corrected chi connectivity index (χ3v) is 8.85. The highest BCUT2D eigenvalue weighted by Crippen LogP contribution is 2.34. The van der Waals surface area contributed by atoms with E-state index in [9.17, 15) is 9.59 Å². The van der Waals surface area contributed by atoms with Crippen molar-refractivity contribution in [3.63, 3.8) is 0 Å². The number of halogens is 1. The van der Waals surface area contributed by atoms with E-state index in [4.69, 9.17) is 21.1 Å². The Morgan fingerprint density at radius 3 is 2.51 bits per heavy atom. The van der Waals surface area contributed by atoms with Crippen LogP contribution in [0, 0.1) is 11.8 Å². The van der Waals surface area contributed by atoms with Gasteiger partial charge in [0.2, 0.25) is 0 Å². The van der Waals surface area contributed by atoms with Crippen molar-refractivity contribution in [3.8, 4) is 21.9 Å². The average Bonchev–Trinajstić information content (AvgIpc) is 3.33. The van der Waals surface area contributed by atoms with Crippen LogP contribution < -0.4 is 10.3 Å². The molecule has 0 bridgehead atoms. The number of ether oxygens (including phenoxy) is 2. The number of carbonyl (C=O) groups is 1. The summed E-state index contributed by atoms with van der Waals surface area (Å²) in [7, 11) is 1.60. The molecule has 0 aliphatic carbocycles. The molecule has 0 N–H and O–H groups in total. The normalized spacial score (nSPS) is 13.1. The molecule has 2 aromatic heterocycles. The number of benzene rings is 2. The van der Waals surface area contributed by atoms with Gasteiger partial charge in [0.1, 0.15) is 22.9 Å². The van der Waals surface area contributed by atoms with Crippen molar-refractivity contribution < 1.29 is 14.3 Å². The van der Waals surface area contributed by atoms with Crippen molar-refractivity contribution in [1.29, 1.82) is 0 Å². The van der Waals surface area contributed by atoms with Crippen LogP contribution in [-0.4, -0.2) is 34.5 Å². The van der Waals surface area contributed by atoms with Gasteiger partial charge in [-0.1, -0.05) is 44.5 Å². The molecule has 2 atom stereocenters. The van der Waals surface area contributed by atoms with Gasteiger partial charge >= 0.3 is 5.97 Å². The molecule has 0 radical (unpaired) electrons. The van der Waals surface area contributed by atoms with Crippen molar-refractivity contribution in [2.75, 3.05) is 12.9 Å². The van der Waals surface area contributed by atoms with Crippen molar-refractivity contribution in [2.45, 2.75) is 38.7 Å². The van der Waals surface area contributed by atoms with Crippen LogP contribution in [0.3, 0.4) is 0 Å². The summed E-state index contributed by atoms with van der Waals surface area (Å²) in [5.74, 6) is 1.13. The summed E-state index contributed by atoms with van der Waals surface area (Å²) in [5, 5.41) is 0.664. The Balaban J connectivity index is 1.54. The van der Waals surface area contributed by atoms with Crippen LogP contribution in [0.4, 0.5) is 0 Å². The molecule has 0 amide bonds. The van der Waals surface area contributed by atoms with Gasteiger partial charge in [0, 0.05) is 26.6 Å². The average molecular weight is 557 g/mol. The molecule has 37 heavy (non-hydrogen) atoms. The van der Waals surface area contributed by atoms with E-state index in [0.717, 1.165) is 15.3 Å². The predicted octanol–water partition coefficient (Wildman–Crippen LogP) is 7.09. The van der Waals surface area contributed by atoms with Gasteiger partial charge in [0.15, 0.2) is 0 Å². The summed E-state index contributed by atoms with van der Waals surface area (Å²) < 4.78 is 13.3. The first-order valence-corrected chi connectivity index (χ1v) is 14.1. The van der Waals surface area contributed by atoms with Crippen molar-refractivity contribution >= 4 is 50.9 Å². The van der Waals surface area contributed by atoms with E-state index >= 15 is 0 Å². The molecule has 0 saturated carbocycles. The molecule has 0 aliphatic rings. The molecule has 4 aromatic rings. The zero-order valence-electron chi connectivity index (χ0n) is 21.4. The summed E-state index contributed by atoms with van der Waals surface area (Å²) in [5.41, 5.74) is 2.16. The van der Waals surface area contributed by atoms with Crippen LogP contribution in [0.2, 0.25) is 5.02 Å². The number of methoxy groups -OCH3 is 1. The summed E-state index contributed by atoms with van der Waals surface area (Å²) >= 11 is 8.96. The first kappa shape index (κ1) is 27.2. The molecule has 1 unspecified atom stereocenters. The monoisotopic (exact) mass is 556 g/mol. The van der Waals surface area contributed by atoms with E-state index in [-0.39, 0.29) is 29.5 Å². The third kappa shape index (κ3) is 6.20. The zero-order valence-corrected chi connectivity index (χ0v) is 23.7. The van der Waals surface area contributed by atoms with E-state index in [0.29, 0.717) is 32.4 Å². The van der Waals surface area contributed by atoms with Gasteiger partial charge in [-0.05, 0) is 48.7 Å². The maximum atomic E-state index is 13.4. The van der Waals surface area contributed by atoms with Gasteiger partial charge in [-0.15, -0.1) is 23.1 Å². The Hall–Kier alpha value is -2.81. The van der Waals surface area contributed by atoms with Gasteiger partial charge in [-0.2, -0.15) is 0 Å². The maximum Gasteiger partial charge on any atom is 0.309 e. The number of fused-ring (bicyclic) bond motifs is 1. The highest BCUT2D eigenvalue weighted by molar-refractivity contribution is 7.99. The maximum absolute atomic E-state index is 13.4. The van der Waals surface area contributed by atoms with Gasteiger partial charge in [-0.25, -0.2) is 4.98 Å². The van der Waals surface area contributed by atoms with Crippen molar-refractivity contribution in [1.82, 2.24) is 9.55 Å². The minimum atomic E-state index is -0.244. The van der Waals surface area contributed by atoms with Crippen LogP contribution >= 0.6 is 34.7 Å². The lowest BCUT2D eigenvalue weighted by molar-refractivity contribution is -0.153. The number of hydrogen-bond donors (Lipinski definition) is 0. The first-order chi connectivity index (χ1) is 17.7. The smallest absolute Gasteiger partial charge is 0.309 e. The third-order valence-electron chi connectivity index (χ3n) is 6.15. The standard InChI is InChI=1S/C28H29ClN2O4S2/c1-16(2)18(4)28(33)35-17(3)14-36-24-11-10-21(12-23(24)34-5)31-15-30-22-13-25(37-26(22)27(31)32)19-6-8-20(29)9-7-19/h6-13,15-18H,14H2,1-5H3/t17?,18-/m0/s1. The van der Waals surface area contributed by atoms with Crippen LogP contribution in [0.5, 0.6) is 5.75 Å². The SMILES string of the molecule is COc1cc(-n2cnc3cc(-c4ccc(Cl)cc4)sc3c2=O)ccc1SCC(C)OC(=O)[C@@H](C)C(C)C. The second-order valence-electron chi connectivity index (χ2n) is 9.18. The number of rotatable bonds is 9. The lowest BCUT2D eigenvalue weighted by Crippen LogP contribution is -2.25. The van der Waals surface area contributed by atoms with Gasteiger partial charge in [0.25, 0.3) is 5.56 Å². The van der Waals surface area contributed by atoms with Crippen LogP contribution in [0.15, 0.2) is 64.5 Å². The Morgan fingerprint density at radius 1 is 1.11 bits per heavy atom. The fourth-order valence-corrected chi connectivity index (χ4v) is 5.70. The fourth-order valence-electron chi connectivity index (χ4n) is 3.60. The van der Waals surface area contributed by atoms with Crippen molar-refractivity contribution in [2.24, 2.45) is 11.8 Å². The Morgan fingerprint density at radius 2 is 1.84 bits per heavy atom. The molecule has 194 valence electrons. The number of thioether (sulfide) groups is 1. The molecule has 9 heteroatoms. The largest absolute Gasteiger partial charge is 0.496 e. The molecule has 0 aliphatic heterocycles. The van der Waals surface area contributed by atoms with E-state index in [1.165, 1.54) is 15.9 Å². The Labute approximate surface area is 229 Å². The molecule has 0 saturated heterocycles. The highest BCUT2D eigenvalue weighted by Gasteiger charge is 2.21. The van der Waals surface area contributed by atoms with E-state index in [2.05, 4.69) is 4.98 Å². The second kappa shape index (κ2) is 11.7. The van der Waals surface area contributed by atoms with Crippen LogP contribution in [0.1, 0.15) is 27.7 Å². The zero-order chi connectivity index (χ0) is 26.7. The topological polar surface area (TPSA) is 70.4 Å². The minimum Gasteiger partial charge on any atom is -0.496 e. The van der Waals surface area contributed by atoms with E-state index in [1.54, 1.807) is 25.2 Å². The summed E-state index contributed by atoms with van der Waals surface area (Å²) in [4.78, 5) is 32.0. The number of aromatic nitrogens is 2. The number of nitrogens with zero attached hydrogens (tertiary/aromatic N) is 2. The molecule has 0 fully saturated rings. The molecule has 6 nitrogen and oxygen atoms in total. The number of thiophene rings is 1. The Bertz CT molecular complexity index is 1460. The molecular formula is C28H29ClN2O4S2. The number of carbonyl (C=O) groups excluding carboxylic acids is 1. The summed E-state index contributed by atoms with van der Waals surface area (Å²) in [6, 6.07) is 15.0. The van der Waals surface area contributed by atoms with Gasteiger partial charge in [-0.3, -0.25) is 14.2 Å². The fraction of sp³-hybridized carbons (Fsp3) is 0.321. The Kier molecular flexibility index (Phi) is 8.62. The minimum absolute atomic E-state index is 0.141. The highest BCUT2D eigenvalue weighted by atomic mass is 35.5.